The van der Waals surface area contributed by atoms with Gasteiger partial charge < -0.3 is 4.90 Å². The largest absolute Gasteiger partial charge is 0.312 e. The quantitative estimate of drug-likeness (QED) is 0.306. The van der Waals surface area contributed by atoms with Crippen molar-refractivity contribution in [1.82, 2.24) is 14.8 Å². The number of amides is 1. The highest BCUT2D eigenvalue weighted by Crippen LogP contribution is 2.26. The van der Waals surface area contributed by atoms with Crippen LogP contribution in [-0.2, 0) is 20.4 Å². The molecule has 0 atom stereocenters. The molecule has 3 aromatic carbocycles. The highest BCUT2D eigenvalue weighted by molar-refractivity contribution is 7.99. The molecule has 1 aromatic heterocycles. The van der Waals surface area contributed by atoms with Crippen molar-refractivity contribution in [2.45, 2.75) is 29.7 Å². The van der Waals surface area contributed by atoms with Crippen LogP contribution >= 0.6 is 11.8 Å². The molecule has 0 fully saturated rings. The molecular formula is C26H26N4O3S2. The van der Waals surface area contributed by atoms with Crippen LogP contribution < -0.4 is 4.90 Å². The molecule has 0 aliphatic heterocycles. The van der Waals surface area contributed by atoms with E-state index in [0.29, 0.717) is 17.5 Å². The fourth-order valence-corrected chi connectivity index (χ4v) is 5.82. The Hall–Kier alpha value is -3.43. The van der Waals surface area contributed by atoms with E-state index in [1.807, 2.05) is 68.4 Å². The molecule has 9 heteroatoms. The van der Waals surface area contributed by atoms with Crippen molar-refractivity contribution in [1.29, 1.82) is 0 Å². The summed E-state index contributed by atoms with van der Waals surface area (Å²) in [5, 5.41) is 8.92. The summed E-state index contributed by atoms with van der Waals surface area (Å²) in [6.07, 6.45) is 0. The van der Waals surface area contributed by atoms with Crippen LogP contribution in [0.25, 0.3) is 5.69 Å². The Bertz CT molecular complexity index is 1410. The van der Waals surface area contributed by atoms with Gasteiger partial charge in [0.15, 0.2) is 20.8 Å². The molecule has 4 rings (SSSR count). The van der Waals surface area contributed by atoms with E-state index in [-0.39, 0.29) is 22.3 Å². The number of nitrogens with zero attached hydrogens (tertiary/aromatic N) is 4. The van der Waals surface area contributed by atoms with Gasteiger partial charge in [-0.3, -0.25) is 9.36 Å². The maximum atomic E-state index is 13.1. The van der Waals surface area contributed by atoms with Crippen molar-refractivity contribution in [3.63, 3.8) is 0 Å². The smallest absolute Gasteiger partial charge is 0.237 e. The van der Waals surface area contributed by atoms with Crippen molar-refractivity contribution in [2.24, 2.45) is 0 Å². The molecule has 0 aliphatic carbocycles. The van der Waals surface area contributed by atoms with Gasteiger partial charge in [-0.1, -0.05) is 60.3 Å². The number of carbonyl (C=O) groups is 1. The molecule has 0 saturated carbocycles. The van der Waals surface area contributed by atoms with Crippen LogP contribution in [0.2, 0.25) is 0 Å². The number of aromatic nitrogens is 3. The molecule has 0 bridgehead atoms. The minimum absolute atomic E-state index is 0.0656. The van der Waals surface area contributed by atoms with Gasteiger partial charge in [0, 0.05) is 17.9 Å². The number of aryl methyl sites for hydroxylation is 1. The van der Waals surface area contributed by atoms with Crippen LogP contribution in [0.3, 0.4) is 0 Å². The Kier molecular flexibility index (Phi) is 7.67. The number of anilines is 1. The van der Waals surface area contributed by atoms with Crippen LogP contribution in [0, 0.1) is 6.92 Å². The number of para-hydroxylation sites is 1. The van der Waals surface area contributed by atoms with E-state index in [1.165, 1.54) is 11.8 Å². The van der Waals surface area contributed by atoms with E-state index >= 15 is 0 Å². The van der Waals surface area contributed by atoms with Gasteiger partial charge in [-0.15, -0.1) is 10.2 Å². The summed E-state index contributed by atoms with van der Waals surface area (Å²) < 4.78 is 27.8. The first-order valence-electron chi connectivity index (χ1n) is 11.2. The van der Waals surface area contributed by atoms with Crippen LogP contribution in [0.1, 0.15) is 18.3 Å². The fourth-order valence-electron chi connectivity index (χ4n) is 3.71. The van der Waals surface area contributed by atoms with E-state index < -0.39 is 9.84 Å². The van der Waals surface area contributed by atoms with Gasteiger partial charge >= 0.3 is 0 Å². The van der Waals surface area contributed by atoms with Crippen LogP contribution in [0.15, 0.2) is 95.0 Å². The molecule has 35 heavy (non-hydrogen) atoms. The van der Waals surface area contributed by atoms with E-state index in [9.17, 15) is 13.2 Å². The molecule has 1 heterocycles. The third-order valence-corrected chi connectivity index (χ3v) is 7.93. The number of rotatable bonds is 9. The topological polar surface area (TPSA) is 85.2 Å². The number of hydrogen-bond donors (Lipinski definition) is 0. The Morgan fingerprint density at radius 1 is 0.943 bits per heavy atom. The van der Waals surface area contributed by atoms with Gasteiger partial charge in [0.2, 0.25) is 5.91 Å². The summed E-state index contributed by atoms with van der Waals surface area (Å²) in [6.45, 7) is 4.46. The molecule has 0 spiro atoms. The van der Waals surface area contributed by atoms with Crippen molar-refractivity contribution >= 4 is 33.2 Å². The van der Waals surface area contributed by atoms with E-state index in [0.717, 1.165) is 16.9 Å². The molecule has 4 aromatic rings. The Morgan fingerprint density at radius 2 is 1.63 bits per heavy atom. The SMILES string of the molecule is CCN(C(=O)CSc1nnc(CS(=O)(=O)c2ccccc2)n1-c1ccccc1)c1cccc(C)c1. The van der Waals surface area contributed by atoms with Gasteiger partial charge in [0.05, 0.1) is 10.6 Å². The molecule has 7 nitrogen and oxygen atoms in total. The number of hydrogen-bond acceptors (Lipinski definition) is 6. The Balaban J connectivity index is 1.61. The molecule has 180 valence electrons. The second-order valence-corrected chi connectivity index (χ2v) is 10.8. The van der Waals surface area contributed by atoms with E-state index in [1.54, 1.807) is 39.8 Å². The molecule has 0 aliphatic rings. The third-order valence-electron chi connectivity index (χ3n) is 5.39. The Morgan fingerprint density at radius 3 is 2.29 bits per heavy atom. The zero-order valence-corrected chi connectivity index (χ0v) is 21.2. The number of benzene rings is 3. The zero-order valence-electron chi connectivity index (χ0n) is 19.5. The first-order valence-corrected chi connectivity index (χ1v) is 13.8. The minimum atomic E-state index is -3.63. The number of carbonyl (C=O) groups excluding carboxylic acids is 1. The molecular weight excluding hydrogens is 480 g/mol. The van der Waals surface area contributed by atoms with E-state index in [4.69, 9.17) is 0 Å². The maximum Gasteiger partial charge on any atom is 0.237 e. The lowest BCUT2D eigenvalue weighted by molar-refractivity contribution is -0.116. The van der Waals surface area contributed by atoms with Gasteiger partial charge in [-0.2, -0.15) is 0 Å². The molecule has 0 radical (unpaired) electrons. The summed E-state index contributed by atoms with van der Waals surface area (Å²) in [4.78, 5) is 15.0. The molecule has 0 N–H and O–H groups in total. The van der Waals surface area contributed by atoms with Crippen molar-refractivity contribution in [3.05, 3.63) is 96.3 Å². The average molecular weight is 507 g/mol. The summed E-state index contributed by atoms with van der Waals surface area (Å²) in [5.41, 5.74) is 2.66. The predicted octanol–water partition coefficient (Wildman–Crippen LogP) is 4.69. The lowest BCUT2D eigenvalue weighted by Crippen LogP contribution is -2.32. The summed E-state index contributed by atoms with van der Waals surface area (Å²) >= 11 is 1.24. The van der Waals surface area contributed by atoms with Gasteiger partial charge in [0.1, 0.15) is 5.75 Å². The van der Waals surface area contributed by atoms with Crippen molar-refractivity contribution < 1.29 is 13.2 Å². The molecule has 0 unspecified atom stereocenters. The van der Waals surface area contributed by atoms with E-state index in [2.05, 4.69) is 10.2 Å². The zero-order chi connectivity index (χ0) is 24.8. The molecule has 1 amide bonds. The van der Waals surface area contributed by atoms with Gasteiger partial charge in [-0.25, -0.2) is 8.42 Å². The third kappa shape index (κ3) is 5.80. The number of sulfone groups is 1. The van der Waals surface area contributed by atoms with Crippen molar-refractivity contribution in [3.8, 4) is 5.69 Å². The Labute approximate surface area is 209 Å². The van der Waals surface area contributed by atoms with Gasteiger partial charge in [-0.05, 0) is 55.8 Å². The lowest BCUT2D eigenvalue weighted by atomic mass is 10.2. The molecule has 0 saturated heterocycles. The summed E-state index contributed by atoms with van der Waals surface area (Å²) in [5.74, 6) is 0.0564. The highest BCUT2D eigenvalue weighted by atomic mass is 32.2. The predicted molar refractivity (Wildman–Crippen MR) is 139 cm³/mol. The van der Waals surface area contributed by atoms with Crippen LogP contribution in [0.4, 0.5) is 5.69 Å². The first-order chi connectivity index (χ1) is 16.9. The second kappa shape index (κ2) is 10.9. The standard InChI is InChI=1S/C26H26N4O3S2/c1-3-29(22-14-10-11-20(2)17-22)25(31)18-34-26-28-27-24(30(26)21-12-6-4-7-13-21)19-35(32,33)23-15-8-5-9-16-23/h4-17H,3,18-19H2,1-2H3. The fraction of sp³-hybridized carbons (Fsp3) is 0.192. The maximum absolute atomic E-state index is 13.1. The average Bonchev–Trinajstić information content (AvgIpc) is 3.26. The van der Waals surface area contributed by atoms with Gasteiger partial charge in [0.25, 0.3) is 0 Å². The van der Waals surface area contributed by atoms with Crippen LogP contribution in [0.5, 0.6) is 0 Å². The summed E-state index contributed by atoms with van der Waals surface area (Å²) in [6, 6.07) is 25.4. The highest BCUT2D eigenvalue weighted by Gasteiger charge is 2.23. The monoisotopic (exact) mass is 506 g/mol. The summed E-state index contributed by atoms with van der Waals surface area (Å²) in [7, 11) is -3.63. The minimum Gasteiger partial charge on any atom is -0.312 e. The first kappa shape index (κ1) is 24.7. The normalized spacial score (nSPS) is 11.4. The number of thioether (sulfide) groups is 1. The van der Waals surface area contributed by atoms with Crippen LogP contribution in [-0.4, -0.2) is 41.4 Å². The lowest BCUT2D eigenvalue weighted by Gasteiger charge is -2.21. The second-order valence-electron chi connectivity index (χ2n) is 7.91. The van der Waals surface area contributed by atoms with Crippen molar-refractivity contribution in [2.75, 3.05) is 17.2 Å².